The van der Waals surface area contributed by atoms with E-state index >= 15 is 0 Å². The first kappa shape index (κ1) is 12.8. The molecule has 0 unspecified atom stereocenters. The third-order valence-electron chi connectivity index (χ3n) is 2.71. The summed E-state index contributed by atoms with van der Waals surface area (Å²) in [4.78, 5) is 6.32. The molecule has 0 saturated carbocycles. The molecule has 0 saturated heterocycles. The lowest BCUT2D eigenvalue weighted by molar-refractivity contribution is 0.271. The minimum Gasteiger partial charge on any atom is -0.424 e. The van der Waals surface area contributed by atoms with E-state index in [0.717, 1.165) is 6.54 Å². The van der Waals surface area contributed by atoms with Gasteiger partial charge < -0.3 is 8.98 Å². The fourth-order valence-corrected chi connectivity index (χ4v) is 1.88. The molecule has 2 heterocycles. The zero-order valence-electron chi connectivity index (χ0n) is 11.3. The molecular formula is C12H19N5O. The van der Waals surface area contributed by atoms with Gasteiger partial charge in [0.1, 0.15) is 0 Å². The van der Waals surface area contributed by atoms with Crippen molar-refractivity contribution < 1.29 is 4.42 Å². The molecule has 2 aromatic rings. The maximum atomic E-state index is 5.36. The van der Waals surface area contributed by atoms with Crippen LogP contribution in [-0.4, -0.2) is 31.7 Å². The third kappa shape index (κ3) is 2.95. The number of aryl methyl sites for hydroxylation is 1. The van der Waals surface area contributed by atoms with Crippen LogP contribution in [0.3, 0.4) is 0 Å². The lowest BCUT2D eigenvalue weighted by atomic mass is 10.3. The zero-order valence-corrected chi connectivity index (χ0v) is 11.3. The first-order chi connectivity index (χ1) is 8.56. The zero-order chi connectivity index (χ0) is 13.1. The molecule has 0 aromatic carbocycles. The summed E-state index contributed by atoms with van der Waals surface area (Å²) >= 11 is 0. The molecule has 0 atom stereocenters. The molecule has 6 nitrogen and oxygen atoms in total. The van der Waals surface area contributed by atoms with Gasteiger partial charge in [-0.3, -0.25) is 4.90 Å². The van der Waals surface area contributed by atoms with Gasteiger partial charge in [-0.15, -0.1) is 10.2 Å². The number of hydrogen-bond acceptors (Lipinski definition) is 5. The van der Waals surface area contributed by atoms with Crippen molar-refractivity contribution in [1.29, 1.82) is 0 Å². The molecule has 0 bridgehead atoms. The van der Waals surface area contributed by atoms with E-state index in [1.807, 2.05) is 19.6 Å². The second-order valence-corrected chi connectivity index (χ2v) is 4.77. The van der Waals surface area contributed by atoms with Crippen LogP contribution < -0.4 is 0 Å². The normalized spacial score (nSPS) is 11.7. The first-order valence-corrected chi connectivity index (χ1v) is 6.04. The van der Waals surface area contributed by atoms with Gasteiger partial charge in [0.05, 0.1) is 18.6 Å². The third-order valence-corrected chi connectivity index (χ3v) is 2.71. The molecule has 0 aliphatic carbocycles. The van der Waals surface area contributed by atoms with Crippen molar-refractivity contribution in [2.75, 3.05) is 7.05 Å². The Hall–Kier alpha value is -1.69. The van der Waals surface area contributed by atoms with E-state index in [1.54, 1.807) is 6.92 Å². The molecule has 0 amide bonds. The van der Waals surface area contributed by atoms with Crippen LogP contribution in [0.25, 0.3) is 0 Å². The first-order valence-electron chi connectivity index (χ1n) is 6.04. The average Bonchev–Trinajstić information content (AvgIpc) is 2.87. The number of aromatic nitrogens is 4. The molecule has 6 heteroatoms. The molecule has 18 heavy (non-hydrogen) atoms. The predicted octanol–water partition coefficient (Wildman–Crippen LogP) is 1.79. The topological polar surface area (TPSA) is 60.0 Å². The Labute approximate surface area is 107 Å². The minimum atomic E-state index is 0.418. The van der Waals surface area contributed by atoms with Crippen LogP contribution in [0.5, 0.6) is 0 Å². The average molecular weight is 249 g/mol. The van der Waals surface area contributed by atoms with E-state index in [-0.39, 0.29) is 0 Å². The standard InChI is InChI=1S/C12H19N5O/c1-9(2)17-8-13-5-11(17)6-16(4)7-12-15-14-10(3)18-12/h5,8-9H,6-7H2,1-4H3. The smallest absolute Gasteiger partial charge is 0.230 e. The predicted molar refractivity (Wildman–Crippen MR) is 66.8 cm³/mol. The molecule has 98 valence electrons. The summed E-state index contributed by atoms with van der Waals surface area (Å²) in [6.07, 6.45) is 3.76. The van der Waals surface area contributed by atoms with Crippen molar-refractivity contribution in [1.82, 2.24) is 24.6 Å². The number of rotatable bonds is 5. The highest BCUT2D eigenvalue weighted by molar-refractivity contribution is 4.99. The summed E-state index contributed by atoms with van der Waals surface area (Å²) in [7, 11) is 2.02. The van der Waals surface area contributed by atoms with Crippen LogP contribution in [0.4, 0.5) is 0 Å². The Bertz CT molecular complexity index is 502. The summed E-state index contributed by atoms with van der Waals surface area (Å²) in [5, 5.41) is 7.81. The molecule has 2 aromatic heterocycles. The van der Waals surface area contributed by atoms with Crippen LogP contribution in [0, 0.1) is 6.92 Å². The number of hydrogen-bond donors (Lipinski definition) is 0. The van der Waals surface area contributed by atoms with Crippen LogP contribution in [0.1, 0.15) is 37.4 Å². The van der Waals surface area contributed by atoms with Gasteiger partial charge in [-0.1, -0.05) is 0 Å². The quantitative estimate of drug-likeness (QED) is 0.808. The van der Waals surface area contributed by atoms with E-state index in [2.05, 4.69) is 38.5 Å². The molecule has 0 aliphatic rings. The van der Waals surface area contributed by atoms with E-state index in [4.69, 9.17) is 4.42 Å². The van der Waals surface area contributed by atoms with E-state index in [9.17, 15) is 0 Å². The summed E-state index contributed by atoms with van der Waals surface area (Å²) in [5.41, 5.74) is 1.18. The fraction of sp³-hybridized carbons (Fsp3) is 0.583. The lowest BCUT2D eigenvalue weighted by Gasteiger charge is -2.17. The van der Waals surface area contributed by atoms with Gasteiger partial charge in [0.25, 0.3) is 0 Å². The van der Waals surface area contributed by atoms with E-state index in [0.29, 0.717) is 24.4 Å². The van der Waals surface area contributed by atoms with Gasteiger partial charge in [0, 0.05) is 25.7 Å². The summed E-state index contributed by atoms with van der Waals surface area (Å²) in [6, 6.07) is 0.418. The molecule has 0 radical (unpaired) electrons. The fourth-order valence-electron chi connectivity index (χ4n) is 1.88. The Balaban J connectivity index is 1.98. The van der Waals surface area contributed by atoms with Crippen molar-refractivity contribution >= 4 is 0 Å². The van der Waals surface area contributed by atoms with E-state index in [1.165, 1.54) is 5.69 Å². The molecule has 0 N–H and O–H groups in total. The Morgan fingerprint density at radius 2 is 2.11 bits per heavy atom. The van der Waals surface area contributed by atoms with Gasteiger partial charge in [-0.2, -0.15) is 0 Å². The second kappa shape index (κ2) is 5.30. The van der Waals surface area contributed by atoms with Gasteiger partial charge in [0.15, 0.2) is 0 Å². The van der Waals surface area contributed by atoms with Crippen LogP contribution in [0.15, 0.2) is 16.9 Å². The maximum Gasteiger partial charge on any atom is 0.230 e. The van der Waals surface area contributed by atoms with Crippen molar-refractivity contribution in [3.63, 3.8) is 0 Å². The number of nitrogens with zero attached hydrogens (tertiary/aromatic N) is 5. The highest BCUT2D eigenvalue weighted by Crippen LogP contribution is 2.12. The maximum absolute atomic E-state index is 5.36. The molecule has 2 rings (SSSR count). The molecule has 0 aliphatic heterocycles. The molecular weight excluding hydrogens is 230 g/mol. The number of imidazole rings is 1. The SMILES string of the molecule is Cc1nnc(CN(C)Cc2cncn2C(C)C)o1. The Morgan fingerprint density at radius 3 is 2.72 bits per heavy atom. The minimum absolute atomic E-state index is 0.418. The van der Waals surface area contributed by atoms with Gasteiger partial charge >= 0.3 is 0 Å². The highest BCUT2D eigenvalue weighted by atomic mass is 16.4. The van der Waals surface area contributed by atoms with Crippen molar-refractivity contribution in [3.05, 3.63) is 30.0 Å². The van der Waals surface area contributed by atoms with Crippen molar-refractivity contribution in [2.24, 2.45) is 0 Å². The van der Waals surface area contributed by atoms with Crippen LogP contribution in [-0.2, 0) is 13.1 Å². The summed E-state index contributed by atoms with van der Waals surface area (Å²) in [6.45, 7) is 7.53. The van der Waals surface area contributed by atoms with Crippen molar-refractivity contribution in [3.8, 4) is 0 Å². The molecule has 0 fully saturated rings. The summed E-state index contributed by atoms with van der Waals surface area (Å²) in [5.74, 6) is 1.25. The Morgan fingerprint density at radius 1 is 1.33 bits per heavy atom. The van der Waals surface area contributed by atoms with E-state index < -0.39 is 0 Å². The molecule has 0 spiro atoms. The Kier molecular flexibility index (Phi) is 3.76. The monoisotopic (exact) mass is 249 g/mol. The van der Waals surface area contributed by atoms with Gasteiger partial charge in [-0.05, 0) is 20.9 Å². The van der Waals surface area contributed by atoms with Gasteiger partial charge in [-0.25, -0.2) is 4.98 Å². The lowest BCUT2D eigenvalue weighted by Crippen LogP contribution is -2.20. The highest BCUT2D eigenvalue weighted by Gasteiger charge is 2.11. The largest absolute Gasteiger partial charge is 0.424 e. The van der Waals surface area contributed by atoms with Crippen LogP contribution in [0.2, 0.25) is 0 Å². The van der Waals surface area contributed by atoms with Gasteiger partial charge in [0.2, 0.25) is 11.8 Å². The van der Waals surface area contributed by atoms with Crippen LogP contribution >= 0.6 is 0 Å². The summed E-state index contributed by atoms with van der Waals surface area (Å²) < 4.78 is 7.53. The second-order valence-electron chi connectivity index (χ2n) is 4.77. The van der Waals surface area contributed by atoms with Crippen molar-refractivity contribution in [2.45, 2.75) is 39.9 Å².